The van der Waals surface area contributed by atoms with Crippen molar-refractivity contribution < 1.29 is 52.8 Å². The van der Waals surface area contributed by atoms with Gasteiger partial charge in [0, 0.05) is 0 Å². The van der Waals surface area contributed by atoms with Gasteiger partial charge in [0.1, 0.15) is 0 Å². The van der Waals surface area contributed by atoms with Crippen LogP contribution < -0.4 is 0 Å². The first-order chi connectivity index (χ1) is 14.3. The van der Waals surface area contributed by atoms with Gasteiger partial charge in [0.2, 0.25) is 0 Å². The number of hydrogen-bond donors (Lipinski definition) is 0. The summed E-state index contributed by atoms with van der Waals surface area (Å²) >= 11 is 0. The molecule has 14 heteroatoms. The van der Waals surface area contributed by atoms with Crippen molar-refractivity contribution in [3.05, 3.63) is 0 Å². The van der Waals surface area contributed by atoms with E-state index in [1.54, 1.807) is 20.8 Å². The molecule has 0 unspecified atom stereocenters. The van der Waals surface area contributed by atoms with Crippen molar-refractivity contribution >= 4 is 14.2 Å². The topological polar surface area (TPSA) is 26.3 Å². The van der Waals surface area contributed by atoms with Gasteiger partial charge in [0.05, 0.1) is 0 Å². The van der Waals surface area contributed by atoms with Crippen molar-refractivity contribution in [2.45, 2.75) is 89.9 Å². The van der Waals surface area contributed by atoms with Gasteiger partial charge in [0.25, 0.3) is 0 Å². The molecule has 0 spiro atoms. The zero-order valence-electron chi connectivity index (χ0n) is 18.6. The van der Waals surface area contributed by atoms with Crippen molar-refractivity contribution in [3.8, 4) is 0 Å². The van der Waals surface area contributed by atoms with E-state index in [9.17, 15) is 48.5 Å². The fraction of sp³-hybridized carbons (Fsp3) is 1.00. The SMILES string of the molecule is CCCCP(CC)(CCCC)(CCCC)OP(=O)(C(F)(F)C(F)(F)F)C(F)(F)C(F)(F)F. The first kappa shape index (κ1) is 31.9. The third kappa shape index (κ3) is 5.94. The van der Waals surface area contributed by atoms with E-state index in [-0.39, 0.29) is 43.9 Å². The maximum absolute atomic E-state index is 14.3. The summed E-state index contributed by atoms with van der Waals surface area (Å²) in [6.07, 6.45) is -13.5. The molecule has 0 rings (SSSR count). The third-order valence-electron chi connectivity index (χ3n) is 5.80. The van der Waals surface area contributed by atoms with Crippen molar-refractivity contribution in [2.75, 3.05) is 24.6 Å². The predicted octanol–water partition coefficient (Wildman–Crippen LogP) is 9.48. The molecule has 0 aromatic rings. The first-order valence-corrected chi connectivity index (χ1v) is 15.0. The second-order valence-electron chi connectivity index (χ2n) is 8.12. The van der Waals surface area contributed by atoms with Crippen LogP contribution in [0.25, 0.3) is 0 Å². The fourth-order valence-electron chi connectivity index (χ4n) is 3.60. The van der Waals surface area contributed by atoms with Gasteiger partial charge in [-0.3, -0.25) is 0 Å². The Morgan fingerprint density at radius 2 is 0.906 bits per heavy atom. The Morgan fingerprint density at radius 1 is 0.625 bits per heavy atom. The van der Waals surface area contributed by atoms with Gasteiger partial charge in [-0.1, -0.05) is 0 Å². The predicted molar refractivity (Wildman–Crippen MR) is 107 cm³/mol. The minimum atomic E-state index is -8.05. The van der Waals surface area contributed by atoms with Gasteiger partial charge in [-0.15, -0.1) is 0 Å². The summed E-state index contributed by atoms with van der Waals surface area (Å²) in [5, 5.41) is 0. The average Bonchev–Trinajstić information content (AvgIpc) is 2.67. The van der Waals surface area contributed by atoms with Crippen LogP contribution in [-0.2, 0) is 8.88 Å². The molecule has 0 bridgehead atoms. The Bertz CT molecular complexity index is 592. The van der Waals surface area contributed by atoms with Crippen LogP contribution in [-0.4, -0.2) is 48.3 Å². The Morgan fingerprint density at radius 3 is 1.09 bits per heavy atom. The summed E-state index contributed by atoms with van der Waals surface area (Å²) in [4.78, 5) is 0. The van der Waals surface area contributed by atoms with Crippen LogP contribution in [0, 0.1) is 0 Å². The van der Waals surface area contributed by atoms with Crippen molar-refractivity contribution in [2.24, 2.45) is 0 Å². The van der Waals surface area contributed by atoms with Gasteiger partial charge in [0.15, 0.2) is 0 Å². The molecule has 0 radical (unpaired) electrons. The zero-order chi connectivity index (χ0) is 25.7. The number of hydrogen-bond acceptors (Lipinski definition) is 2. The van der Waals surface area contributed by atoms with E-state index in [4.69, 9.17) is 4.31 Å². The average molecular weight is 532 g/mol. The standard InChI is InChI=1S/C18H32F10O2P2/c1-5-9-12-32(8-4,13-10-6-2,14-11-7-3)30-31(29,17(25,26)15(19,20)21)18(27,28)16(22,23)24/h5-14H2,1-4H3. The summed E-state index contributed by atoms with van der Waals surface area (Å²) in [6, 6.07) is 0. The molecule has 0 heterocycles. The first-order valence-electron chi connectivity index (χ1n) is 10.5. The minimum absolute atomic E-state index is 0.133. The van der Waals surface area contributed by atoms with Crippen LogP contribution in [0.3, 0.4) is 0 Å². The van der Waals surface area contributed by atoms with Crippen LogP contribution in [0.1, 0.15) is 66.2 Å². The fourth-order valence-corrected chi connectivity index (χ4v) is 14.5. The number of halogens is 10. The summed E-state index contributed by atoms with van der Waals surface area (Å²) in [7, 11) is -8.05. The van der Waals surface area contributed by atoms with Crippen LogP contribution >= 0.6 is 14.2 Å². The summed E-state index contributed by atoms with van der Waals surface area (Å²) < 4.78 is 154. The number of alkyl halides is 10. The van der Waals surface area contributed by atoms with Crippen LogP contribution in [0.15, 0.2) is 0 Å². The molecule has 0 N–H and O–H groups in total. The van der Waals surface area contributed by atoms with E-state index in [2.05, 4.69) is 0 Å². The monoisotopic (exact) mass is 532 g/mol. The van der Waals surface area contributed by atoms with Gasteiger partial charge in [-0.2, -0.15) is 0 Å². The molecular weight excluding hydrogens is 500 g/mol. The van der Waals surface area contributed by atoms with E-state index in [0.717, 1.165) is 0 Å². The molecule has 2 nitrogen and oxygen atoms in total. The molecule has 0 aliphatic carbocycles. The maximum atomic E-state index is 14.3. The Balaban J connectivity index is 7.30. The Hall–Kier alpha value is -0.0800. The molecule has 0 aromatic carbocycles. The molecule has 0 amide bonds. The molecular formula is C18H32F10O2P2. The molecule has 0 aliphatic rings. The molecule has 32 heavy (non-hydrogen) atoms. The summed E-state index contributed by atoms with van der Waals surface area (Å²) in [6.45, 7) is 1.58. The zero-order valence-corrected chi connectivity index (χ0v) is 20.4. The second kappa shape index (κ2) is 10.7. The molecule has 0 aromatic heterocycles. The van der Waals surface area contributed by atoms with E-state index in [1.165, 1.54) is 6.92 Å². The van der Waals surface area contributed by atoms with Gasteiger partial charge < -0.3 is 0 Å². The molecule has 0 saturated heterocycles. The molecule has 0 saturated carbocycles. The molecule has 0 atom stereocenters. The van der Waals surface area contributed by atoms with E-state index >= 15 is 0 Å². The number of unbranched alkanes of at least 4 members (excludes halogenated alkanes) is 3. The van der Waals surface area contributed by atoms with E-state index < -0.39 is 37.9 Å². The summed E-state index contributed by atoms with van der Waals surface area (Å²) in [5.74, 6) is 0. The second-order valence-corrected chi connectivity index (χ2v) is 16.7. The van der Waals surface area contributed by atoms with Crippen molar-refractivity contribution in [1.29, 1.82) is 0 Å². The molecule has 0 fully saturated rings. The normalized spacial score (nSPS) is 16.1. The quantitative estimate of drug-likeness (QED) is 0.165. The molecule has 0 aliphatic heterocycles. The van der Waals surface area contributed by atoms with Crippen LogP contribution in [0.5, 0.6) is 0 Å². The summed E-state index contributed by atoms with van der Waals surface area (Å²) in [5.41, 5.74) is -13.8. The van der Waals surface area contributed by atoms with Gasteiger partial charge in [-0.25, -0.2) is 0 Å². The van der Waals surface area contributed by atoms with Gasteiger partial charge >= 0.3 is 182 Å². The van der Waals surface area contributed by atoms with Crippen molar-refractivity contribution in [1.82, 2.24) is 0 Å². The Kier molecular flexibility index (Phi) is 10.6. The van der Waals surface area contributed by atoms with E-state index in [1.807, 2.05) is 0 Å². The van der Waals surface area contributed by atoms with Crippen LogP contribution in [0.2, 0.25) is 0 Å². The van der Waals surface area contributed by atoms with Crippen LogP contribution in [0.4, 0.5) is 43.9 Å². The third-order valence-corrected chi connectivity index (χ3v) is 16.5. The molecule has 196 valence electrons. The Labute approximate surface area is 182 Å². The van der Waals surface area contributed by atoms with E-state index in [0.29, 0.717) is 19.3 Å². The van der Waals surface area contributed by atoms with Crippen molar-refractivity contribution in [3.63, 3.8) is 0 Å². The van der Waals surface area contributed by atoms with Gasteiger partial charge in [-0.05, 0) is 0 Å². The number of rotatable bonds is 14.